The highest BCUT2D eigenvalue weighted by molar-refractivity contribution is 5.86. The molecule has 1 atom stereocenters. The van der Waals surface area contributed by atoms with Gasteiger partial charge in [-0.15, -0.1) is 0 Å². The van der Waals surface area contributed by atoms with Crippen molar-refractivity contribution in [2.75, 3.05) is 13.7 Å². The molecule has 2 aromatic rings. The van der Waals surface area contributed by atoms with Gasteiger partial charge in [-0.3, -0.25) is 0 Å². The Bertz CT molecular complexity index is 797. The van der Waals surface area contributed by atoms with E-state index in [2.05, 4.69) is 53.3 Å². The number of ether oxygens (including phenoxy) is 1. The molecular formula is C20H24N2O. The zero-order chi connectivity index (χ0) is 15.8. The monoisotopic (exact) mass is 308 g/mol. The second kappa shape index (κ2) is 5.89. The number of hydrogen-bond acceptors (Lipinski definition) is 2. The number of allylic oxidation sites excluding steroid dienone is 2. The zero-order valence-corrected chi connectivity index (χ0v) is 13.9. The fraction of sp³-hybridized carbons (Fsp3) is 0.400. The van der Waals surface area contributed by atoms with Crippen LogP contribution in [-0.4, -0.2) is 18.2 Å². The summed E-state index contributed by atoms with van der Waals surface area (Å²) in [4.78, 5) is 0. The molecule has 3 nitrogen and oxygen atoms in total. The molecule has 1 aliphatic carbocycles. The van der Waals surface area contributed by atoms with Crippen LogP contribution in [-0.2, 0) is 18.2 Å². The van der Waals surface area contributed by atoms with Crippen LogP contribution in [0.25, 0.3) is 10.9 Å². The van der Waals surface area contributed by atoms with E-state index >= 15 is 0 Å². The number of methoxy groups -OCH3 is 1. The summed E-state index contributed by atoms with van der Waals surface area (Å²) in [6.45, 7) is 1.07. The van der Waals surface area contributed by atoms with Gasteiger partial charge in [-0.25, -0.2) is 0 Å². The van der Waals surface area contributed by atoms with Crippen LogP contribution < -0.4 is 5.32 Å². The number of rotatable bonds is 3. The Morgan fingerprint density at radius 1 is 1.22 bits per heavy atom. The van der Waals surface area contributed by atoms with Crippen molar-refractivity contribution in [3.05, 3.63) is 59.0 Å². The Balaban J connectivity index is 1.65. The average molecular weight is 308 g/mol. The summed E-state index contributed by atoms with van der Waals surface area (Å²) in [5.41, 5.74) is 5.88. The number of nitrogens with one attached hydrogen (secondary N) is 1. The second-order valence-electron chi connectivity index (χ2n) is 6.55. The summed E-state index contributed by atoms with van der Waals surface area (Å²) in [6.07, 6.45) is 8.73. The molecular weight excluding hydrogens is 284 g/mol. The maximum atomic E-state index is 5.34. The molecule has 0 bridgehead atoms. The number of aryl methyl sites for hydroxylation is 1. The van der Waals surface area contributed by atoms with E-state index in [1.165, 1.54) is 27.7 Å². The van der Waals surface area contributed by atoms with Crippen LogP contribution in [0.3, 0.4) is 0 Å². The van der Waals surface area contributed by atoms with E-state index in [0.717, 1.165) is 38.0 Å². The van der Waals surface area contributed by atoms with Crippen LogP contribution in [0, 0.1) is 0 Å². The molecule has 23 heavy (non-hydrogen) atoms. The fourth-order valence-corrected chi connectivity index (χ4v) is 4.09. The second-order valence-corrected chi connectivity index (χ2v) is 6.55. The minimum absolute atomic E-state index is 0.417. The molecule has 1 aromatic heterocycles. The molecule has 120 valence electrons. The van der Waals surface area contributed by atoms with Gasteiger partial charge in [0.2, 0.25) is 0 Å². The minimum Gasteiger partial charge on any atom is -0.501 e. The SMILES string of the molecule is COC1=CCC(CC2NCCc3c2n(C)c2ccccc32)=CC1. The lowest BCUT2D eigenvalue weighted by molar-refractivity contribution is 0.281. The molecule has 0 saturated heterocycles. The summed E-state index contributed by atoms with van der Waals surface area (Å²) in [5, 5.41) is 5.16. The topological polar surface area (TPSA) is 26.2 Å². The van der Waals surface area contributed by atoms with E-state index < -0.39 is 0 Å². The van der Waals surface area contributed by atoms with Gasteiger partial charge in [0.05, 0.1) is 18.9 Å². The summed E-state index contributed by atoms with van der Waals surface area (Å²) >= 11 is 0. The zero-order valence-electron chi connectivity index (χ0n) is 13.9. The number of fused-ring (bicyclic) bond motifs is 3. The summed E-state index contributed by atoms with van der Waals surface area (Å²) in [7, 11) is 3.97. The Kier molecular flexibility index (Phi) is 3.74. The van der Waals surface area contributed by atoms with Gasteiger partial charge < -0.3 is 14.6 Å². The molecule has 1 aliphatic heterocycles. The van der Waals surface area contributed by atoms with Crippen molar-refractivity contribution in [2.24, 2.45) is 7.05 Å². The van der Waals surface area contributed by atoms with Crippen molar-refractivity contribution in [3.8, 4) is 0 Å². The van der Waals surface area contributed by atoms with Crippen molar-refractivity contribution < 1.29 is 4.74 Å². The standard InChI is InChI=1S/C20H24N2O/c1-22-19-6-4-3-5-16(19)17-11-12-21-18(20(17)22)13-14-7-9-15(23-2)10-8-14/h3-7,10,18,21H,8-9,11-13H2,1-2H3. The first-order valence-corrected chi connectivity index (χ1v) is 8.48. The number of benzene rings is 1. The highest BCUT2D eigenvalue weighted by Crippen LogP contribution is 2.36. The predicted molar refractivity (Wildman–Crippen MR) is 94.4 cm³/mol. The first kappa shape index (κ1) is 14.6. The quantitative estimate of drug-likeness (QED) is 0.867. The van der Waals surface area contributed by atoms with Crippen LogP contribution in [0.5, 0.6) is 0 Å². The van der Waals surface area contributed by atoms with Gasteiger partial charge in [0.25, 0.3) is 0 Å². The minimum atomic E-state index is 0.417. The molecule has 2 aliphatic rings. The van der Waals surface area contributed by atoms with Crippen molar-refractivity contribution in [1.82, 2.24) is 9.88 Å². The number of para-hydroxylation sites is 1. The smallest absolute Gasteiger partial charge is 0.0956 e. The molecule has 2 heterocycles. The molecule has 0 fully saturated rings. The van der Waals surface area contributed by atoms with Gasteiger partial charge in [0.1, 0.15) is 0 Å². The first-order valence-electron chi connectivity index (χ1n) is 8.48. The van der Waals surface area contributed by atoms with E-state index in [1.54, 1.807) is 7.11 Å². The molecule has 0 amide bonds. The van der Waals surface area contributed by atoms with E-state index in [1.807, 2.05) is 0 Å². The van der Waals surface area contributed by atoms with Gasteiger partial charge in [0.15, 0.2) is 0 Å². The van der Waals surface area contributed by atoms with Gasteiger partial charge in [0, 0.05) is 30.1 Å². The molecule has 0 spiro atoms. The molecule has 1 N–H and O–H groups in total. The lowest BCUT2D eigenvalue weighted by atomic mass is 9.91. The third kappa shape index (κ3) is 2.49. The van der Waals surface area contributed by atoms with E-state index in [-0.39, 0.29) is 0 Å². The third-order valence-corrected chi connectivity index (χ3v) is 5.27. The number of hydrogen-bond donors (Lipinski definition) is 1. The maximum absolute atomic E-state index is 5.34. The van der Waals surface area contributed by atoms with Crippen LogP contribution in [0.1, 0.15) is 36.6 Å². The van der Waals surface area contributed by atoms with Crippen LogP contribution in [0.15, 0.2) is 47.7 Å². The van der Waals surface area contributed by atoms with Gasteiger partial charge in [-0.05, 0) is 43.5 Å². The average Bonchev–Trinajstić information content (AvgIpc) is 2.90. The van der Waals surface area contributed by atoms with Gasteiger partial charge >= 0.3 is 0 Å². The number of nitrogens with zero attached hydrogens (tertiary/aromatic N) is 1. The molecule has 0 radical (unpaired) electrons. The Hall–Kier alpha value is -2.00. The normalized spacial score (nSPS) is 20.9. The predicted octanol–water partition coefficient (Wildman–Crippen LogP) is 4.01. The summed E-state index contributed by atoms with van der Waals surface area (Å²) in [5.74, 6) is 1.09. The largest absolute Gasteiger partial charge is 0.501 e. The van der Waals surface area contributed by atoms with Crippen LogP contribution >= 0.6 is 0 Å². The van der Waals surface area contributed by atoms with Crippen LogP contribution in [0.4, 0.5) is 0 Å². The van der Waals surface area contributed by atoms with E-state index in [4.69, 9.17) is 4.74 Å². The highest BCUT2D eigenvalue weighted by Gasteiger charge is 2.26. The van der Waals surface area contributed by atoms with Crippen molar-refractivity contribution in [1.29, 1.82) is 0 Å². The number of aromatic nitrogens is 1. The Morgan fingerprint density at radius 2 is 2.09 bits per heavy atom. The highest BCUT2D eigenvalue weighted by atomic mass is 16.5. The Labute approximate surface area is 137 Å². The van der Waals surface area contributed by atoms with Gasteiger partial charge in [-0.1, -0.05) is 29.8 Å². The molecule has 1 unspecified atom stereocenters. The lowest BCUT2D eigenvalue weighted by Gasteiger charge is -2.27. The van der Waals surface area contributed by atoms with Crippen molar-refractivity contribution in [3.63, 3.8) is 0 Å². The van der Waals surface area contributed by atoms with E-state index in [0.29, 0.717) is 6.04 Å². The molecule has 4 rings (SSSR count). The third-order valence-electron chi connectivity index (χ3n) is 5.27. The summed E-state index contributed by atoms with van der Waals surface area (Å²) in [6, 6.07) is 9.21. The van der Waals surface area contributed by atoms with Crippen molar-refractivity contribution in [2.45, 2.75) is 31.7 Å². The maximum Gasteiger partial charge on any atom is 0.0956 e. The van der Waals surface area contributed by atoms with Crippen molar-refractivity contribution >= 4 is 10.9 Å². The summed E-state index contributed by atoms with van der Waals surface area (Å²) < 4.78 is 7.73. The van der Waals surface area contributed by atoms with Gasteiger partial charge in [-0.2, -0.15) is 0 Å². The Morgan fingerprint density at radius 3 is 2.87 bits per heavy atom. The molecule has 1 aromatic carbocycles. The fourth-order valence-electron chi connectivity index (χ4n) is 4.09. The lowest BCUT2D eigenvalue weighted by Crippen LogP contribution is -2.31. The molecule has 0 saturated carbocycles. The molecule has 3 heteroatoms. The van der Waals surface area contributed by atoms with E-state index in [9.17, 15) is 0 Å². The van der Waals surface area contributed by atoms with Crippen LogP contribution in [0.2, 0.25) is 0 Å². The first-order chi connectivity index (χ1) is 11.3.